The third kappa shape index (κ3) is 2.79. The molecule has 2 aromatic rings. The Morgan fingerprint density at radius 3 is 2.78 bits per heavy atom. The number of halogens is 2. The Morgan fingerprint density at radius 1 is 1.39 bits per heavy atom. The van der Waals surface area contributed by atoms with Crippen molar-refractivity contribution in [2.24, 2.45) is 4.99 Å². The molecule has 0 spiro atoms. The van der Waals surface area contributed by atoms with Crippen LogP contribution in [0.25, 0.3) is 10.9 Å². The smallest absolute Gasteiger partial charge is 0.168 e. The van der Waals surface area contributed by atoms with Crippen molar-refractivity contribution in [3.63, 3.8) is 0 Å². The van der Waals surface area contributed by atoms with Gasteiger partial charge in [0, 0.05) is 31.7 Å². The molecule has 0 aliphatic heterocycles. The summed E-state index contributed by atoms with van der Waals surface area (Å²) in [5.74, 6) is 1.51. The standard InChI is InChI=1S/C12H12BrClN4/c1-7(18(2)3)16-12-9(13)4-8-6-15-11(14)5-10(8)17-12/h4-6H,1-3H3. The van der Waals surface area contributed by atoms with E-state index in [1.165, 1.54) is 0 Å². The van der Waals surface area contributed by atoms with Crippen molar-refractivity contribution < 1.29 is 0 Å². The highest BCUT2D eigenvalue weighted by atomic mass is 79.9. The van der Waals surface area contributed by atoms with Gasteiger partial charge in [-0.15, -0.1) is 0 Å². The molecule has 0 aliphatic rings. The highest BCUT2D eigenvalue weighted by Gasteiger charge is 2.06. The number of fused-ring (bicyclic) bond motifs is 1. The Kier molecular flexibility index (Phi) is 3.82. The van der Waals surface area contributed by atoms with E-state index in [-0.39, 0.29) is 0 Å². The molecular formula is C12H12BrClN4. The van der Waals surface area contributed by atoms with Crippen molar-refractivity contribution in [1.29, 1.82) is 0 Å². The Labute approximate surface area is 119 Å². The van der Waals surface area contributed by atoms with Gasteiger partial charge in [-0.1, -0.05) is 11.6 Å². The van der Waals surface area contributed by atoms with Crippen LogP contribution in [0.5, 0.6) is 0 Å². The second-order valence-electron chi connectivity index (χ2n) is 4.05. The number of hydrogen-bond donors (Lipinski definition) is 0. The largest absolute Gasteiger partial charge is 0.366 e. The van der Waals surface area contributed by atoms with Gasteiger partial charge in [-0.05, 0) is 28.9 Å². The predicted octanol–water partition coefficient (Wildman–Crippen LogP) is 3.66. The lowest BCUT2D eigenvalue weighted by Crippen LogP contribution is -2.17. The van der Waals surface area contributed by atoms with Gasteiger partial charge in [-0.2, -0.15) is 0 Å². The zero-order chi connectivity index (χ0) is 13.3. The van der Waals surface area contributed by atoms with E-state index in [4.69, 9.17) is 11.6 Å². The van der Waals surface area contributed by atoms with Gasteiger partial charge < -0.3 is 4.90 Å². The number of hydrogen-bond acceptors (Lipinski definition) is 3. The van der Waals surface area contributed by atoms with E-state index in [2.05, 4.69) is 30.9 Å². The van der Waals surface area contributed by atoms with Crippen molar-refractivity contribution in [1.82, 2.24) is 14.9 Å². The fourth-order valence-corrected chi connectivity index (χ4v) is 1.92. The first kappa shape index (κ1) is 13.2. The monoisotopic (exact) mass is 326 g/mol. The molecule has 0 N–H and O–H groups in total. The lowest BCUT2D eigenvalue weighted by Gasteiger charge is -2.11. The SMILES string of the molecule is CC(=Nc1nc2cc(Cl)ncc2cc1Br)N(C)C. The predicted molar refractivity (Wildman–Crippen MR) is 78.7 cm³/mol. The summed E-state index contributed by atoms with van der Waals surface area (Å²) in [5.41, 5.74) is 0.781. The maximum Gasteiger partial charge on any atom is 0.168 e. The van der Waals surface area contributed by atoms with Crippen LogP contribution in [0.1, 0.15) is 6.92 Å². The van der Waals surface area contributed by atoms with Crippen LogP contribution in [0.2, 0.25) is 5.15 Å². The summed E-state index contributed by atoms with van der Waals surface area (Å²) in [7, 11) is 3.88. The molecule has 2 aromatic heterocycles. The average molecular weight is 328 g/mol. The minimum atomic E-state index is 0.427. The maximum absolute atomic E-state index is 5.86. The molecule has 0 radical (unpaired) electrons. The fourth-order valence-electron chi connectivity index (χ4n) is 1.34. The van der Waals surface area contributed by atoms with E-state index in [1.54, 1.807) is 12.3 Å². The van der Waals surface area contributed by atoms with Crippen molar-refractivity contribution in [2.45, 2.75) is 6.92 Å². The highest BCUT2D eigenvalue weighted by Crippen LogP contribution is 2.28. The molecule has 2 rings (SSSR count). The van der Waals surface area contributed by atoms with Crippen LogP contribution < -0.4 is 0 Å². The second-order valence-corrected chi connectivity index (χ2v) is 5.29. The van der Waals surface area contributed by atoms with E-state index in [1.807, 2.05) is 32.0 Å². The number of rotatable bonds is 1. The summed E-state index contributed by atoms with van der Waals surface area (Å²) in [6.07, 6.45) is 1.70. The quantitative estimate of drug-likeness (QED) is 0.456. The van der Waals surface area contributed by atoms with Crippen molar-refractivity contribution in [3.8, 4) is 0 Å². The maximum atomic E-state index is 5.86. The molecule has 0 amide bonds. The highest BCUT2D eigenvalue weighted by molar-refractivity contribution is 9.10. The molecule has 0 bridgehead atoms. The van der Waals surface area contributed by atoms with Crippen molar-refractivity contribution in [2.75, 3.05) is 14.1 Å². The first-order valence-electron chi connectivity index (χ1n) is 5.32. The van der Waals surface area contributed by atoms with Gasteiger partial charge in [-0.25, -0.2) is 15.0 Å². The van der Waals surface area contributed by atoms with E-state index in [9.17, 15) is 0 Å². The van der Waals surface area contributed by atoms with Crippen LogP contribution in [-0.2, 0) is 0 Å². The third-order valence-corrected chi connectivity index (χ3v) is 3.31. The van der Waals surface area contributed by atoms with Gasteiger partial charge in [0.05, 0.1) is 9.99 Å². The number of amidine groups is 1. The van der Waals surface area contributed by atoms with E-state index in [0.717, 1.165) is 21.2 Å². The molecule has 2 heterocycles. The lowest BCUT2D eigenvalue weighted by molar-refractivity contribution is 0.618. The zero-order valence-corrected chi connectivity index (χ0v) is 12.6. The Hall–Kier alpha value is -1.20. The Balaban J connectivity index is 2.58. The number of aromatic nitrogens is 2. The van der Waals surface area contributed by atoms with Crippen LogP contribution in [0, 0.1) is 0 Å². The molecule has 0 fully saturated rings. The first-order chi connectivity index (χ1) is 8.47. The minimum absolute atomic E-state index is 0.427. The molecule has 0 saturated carbocycles. The average Bonchev–Trinajstić information content (AvgIpc) is 2.30. The van der Waals surface area contributed by atoms with Crippen molar-refractivity contribution >= 4 is 50.1 Å². The van der Waals surface area contributed by atoms with Gasteiger partial charge in [0.1, 0.15) is 11.0 Å². The molecular weight excluding hydrogens is 316 g/mol. The minimum Gasteiger partial charge on any atom is -0.366 e. The topological polar surface area (TPSA) is 41.4 Å². The molecule has 0 atom stereocenters. The van der Waals surface area contributed by atoms with Gasteiger partial charge >= 0.3 is 0 Å². The number of nitrogens with zero attached hydrogens (tertiary/aromatic N) is 4. The second kappa shape index (κ2) is 5.20. The molecule has 6 heteroatoms. The van der Waals surface area contributed by atoms with Gasteiger partial charge in [0.15, 0.2) is 5.82 Å². The summed E-state index contributed by atoms with van der Waals surface area (Å²) in [6, 6.07) is 3.67. The Bertz CT molecular complexity index is 625. The molecule has 4 nitrogen and oxygen atoms in total. The lowest BCUT2D eigenvalue weighted by atomic mass is 10.3. The molecule has 94 valence electrons. The molecule has 0 aliphatic carbocycles. The van der Waals surface area contributed by atoms with E-state index >= 15 is 0 Å². The zero-order valence-electron chi connectivity index (χ0n) is 10.3. The van der Waals surface area contributed by atoms with Crippen LogP contribution in [0.15, 0.2) is 27.8 Å². The fraction of sp³-hybridized carbons (Fsp3) is 0.250. The van der Waals surface area contributed by atoms with Crippen LogP contribution in [0.3, 0.4) is 0 Å². The van der Waals surface area contributed by atoms with Crippen molar-refractivity contribution in [3.05, 3.63) is 28.0 Å². The van der Waals surface area contributed by atoms with Crippen LogP contribution in [-0.4, -0.2) is 34.8 Å². The summed E-state index contributed by atoms with van der Waals surface area (Å²) in [6.45, 7) is 1.93. The van der Waals surface area contributed by atoms with Crippen LogP contribution in [0.4, 0.5) is 5.82 Å². The number of pyridine rings is 2. The summed E-state index contributed by atoms with van der Waals surface area (Å²) in [4.78, 5) is 14.9. The van der Waals surface area contributed by atoms with Crippen LogP contribution >= 0.6 is 27.5 Å². The molecule has 18 heavy (non-hydrogen) atoms. The van der Waals surface area contributed by atoms with Gasteiger partial charge in [0.2, 0.25) is 0 Å². The molecule has 0 saturated heterocycles. The number of aliphatic imine (C=N–C) groups is 1. The Morgan fingerprint density at radius 2 is 2.11 bits per heavy atom. The van der Waals surface area contributed by atoms with Gasteiger partial charge in [-0.3, -0.25) is 0 Å². The molecule has 0 aromatic carbocycles. The summed E-state index contributed by atoms with van der Waals surface area (Å²) in [5, 5.41) is 1.35. The summed E-state index contributed by atoms with van der Waals surface area (Å²) >= 11 is 9.32. The summed E-state index contributed by atoms with van der Waals surface area (Å²) < 4.78 is 0.834. The van der Waals surface area contributed by atoms with E-state index in [0.29, 0.717) is 11.0 Å². The first-order valence-corrected chi connectivity index (χ1v) is 6.49. The molecule has 0 unspecified atom stereocenters. The normalized spacial score (nSPS) is 11.9. The van der Waals surface area contributed by atoms with E-state index < -0.39 is 0 Å². The third-order valence-electron chi connectivity index (χ3n) is 2.52. The van der Waals surface area contributed by atoms with Gasteiger partial charge in [0.25, 0.3) is 0 Å².